The van der Waals surface area contributed by atoms with Gasteiger partial charge in [-0.2, -0.15) is 0 Å². The highest BCUT2D eigenvalue weighted by atomic mass is 16.6. The summed E-state index contributed by atoms with van der Waals surface area (Å²) >= 11 is 0. The molecule has 1 aromatic carbocycles. The molecule has 0 amide bonds. The van der Waals surface area contributed by atoms with Gasteiger partial charge in [-0.05, 0) is 13.8 Å². The van der Waals surface area contributed by atoms with E-state index in [4.69, 9.17) is 0 Å². The van der Waals surface area contributed by atoms with Crippen LogP contribution in [0.25, 0.3) is 6.08 Å². The van der Waals surface area contributed by atoms with Crippen LogP contribution in [0.4, 0.5) is 11.4 Å². The molecule has 1 aliphatic heterocycles. The average molecular weight is 204 g/mol. The lowest BCUT2D eigenvalue weighted by Gasteiger charge is -2.28. The van der Waals surface area contributed by atoms with Crippen molar-refractivity contribution >= 4 is 17.5 Å². The second-order valence-corrected chi connectivity index (χ2v) is 4.18. The number of benzene rings is 1. The molecule has 4 nitrogen and oxygen atoms in total. The Labute approximate surface area is 87.8 Å². The van der Waals surface area contributed by atoms with Crippen molar-refractivity contribution in [3.05, 3.63) is 40.0 Å². The van der Waals surface area contributed by atoms with E-state index in [0.29, 0.717) is 5.69 Å². The molecule has 1 heterocycles. The largest absolute Gasteiger partial charge is 0.371 e. The number of para-hydroxylation sites is 1. The van der Waals surface area contributed by atoms with Crippen molar-refractivity contribution in [2.45, 2.75) is 19.4 Å². The number of rotatable bonds is 1. The van der Waals surface area contributed by atoms with Crippen molar-refractivity contribution in [3.63, 3.8) is 0 Å². The molecule has 15 heavy (non-hydrogen) atoms. The van der Waals surface area contributed by atoms with E-state index in [1.807, 2.05) is 32.1 Å². The van der Waals surface area contributed by atoms with Crippen LogP contribution in [0.15, 0.2) is 24.3 Å². The highest BCUT2D eigenvalue weighted by Crippen LogP contribution is 2.35. The van der Waals surface area contributed by atoms with E-state index < -0.39 is 0 Å². The van der Waals surface area contributed by atoms with Gasteiger partial charge in [0.1, 0.15) is 5.69 Å². The number of nitrogens with zero attached hydrogens (tertiary/aromatic N) is 1. The summed E-state index contributed by atoms with van der Waals surface area (Å²) in [6, 6.07) is 5.07. The number of fused-ring (bicyclic) bond motifs is 1. The van der Waals surface area contributed by atoms with Crippen molar-refractivity contribution in [1.82, 2.24) is 0 Å². The zero-order chi connectivity index (χ0) is 11.1. The van der Waals surface area contributed by atoms with E-state index in [0.717, 1.165) is 5.56 Å². The van der Waals surface area contributed by atoms with Gasteiger partial charge < -0.3 is 5.32 Å². The van der Waals surface area contributed by atoms with Gasteiger partial charge in [-0.25, -0.2) is 0 Å². The molecule has 1 aromatic rings. The van der Waals surface area contributed by atoms with Crippen molar-refractivity contribution in [2.24, 2.45) is 0 Å². The summed E-state index contributed by atoms with van der Waals surface area (Å²) in [6.07, 6.45) is 3.91. The average Bonchev–Trinajstić information content (AvgIpc) is 2.15. The van der Waals surface area contributed by atoms with Crippen LogP contribution in [-0.2, 0) is 0 Å². The van der Waals surface area contributed by atoms with Crippen LogP contribution in [0.5, 0.6) is 0 Å². The normalized spacial score (nSPS) is 16.7. The molecule has 0 radical (unpaired) electrons. The predicted molar refractivity (Wildman–Crippen MR) is 59.8 cm³/mol. The Bertz CT molecular complexity index is 450. The molecular formula is C11H12N2O2. The first-order valence-electron chi connectivity index (χ1n) is 4.74. The molecule has 0 saturated carbocycles. The summed E-state index contributed by atoms with van der Waals surface area (Å²) in [5.74, 6) is 0. The Morgan fingerprint density at radius 2 is 2.13 bits per heavy atom. The van der Waals surface area contributed by atoms with E-state index in [-0.39, 0.29) is 16.1 Å². The summed E-state index contributed by atoms with van der Waals surface area (Å²) in [6.45, 7) is 3.95. The first-order valence-corrected chi connectivity index (χ1v) is 4.74. The predicted octanol–water partition coefficient (Wildman–Crippen LogP) is 2.81. The van der Waals surface area contributed by atoms with E-state index in [1.54, 1.807) is 6.07 Å². The van der Waals surface area contributed by atoms with Crippen molar-refractivity contribution in [3.8, 4) is 0 Å². The zero-order valence-corrected chi connectivity index (χ0v) is 8.65. The minimum atomic E-state index is -0.360. The van der Waals surface area contributed by atoms with Gasteiger partial charge in [-0.1, -0.05) is 24.3 Å². The molecule has 0 saturated heterocycles. The third-order valence-corrected chi connectivity index (χ3v) is 2.40. The fraction of sp³-hybridized carbons (Fsp3) is 0.273. The van der Waals surface area contributed by atoms with Crippen molar-refractivity contribution in [1.29, 1.82) is 0 Å². The highest BCUT2D eigenvalue weighted by molar-refractivity contribution is 5.79. The molecule has 0 spiro atoms. The third kappa shape index (κ3) is 1.70. The van der Waals surface area contributed by atoms with Gasteiger partial charge in [0.2, 0.25) is 0 Å². The van der Waals surface area contributed by atoms with Crippen LogP contribution in [0.2, 0.25) is 0 Å². The lowest BCUT2D eigenvalue weighted by atomic mass is 9.96. The van der Waals surface area contributed by atoms with E-state index in [1.165, 1.54) is 6.07 Å². The van der Waals surface area contributed by atoms with Crippen LogP contribution in [0.1, 0.15) is 19.4 Å². The Balaban J connectivity index is 2.58. The molecular weight excluding hydrogens is 192 g/mol. The summed E-state index contributed by atoms with van der Waals surface area (Å²) < 4.78 is 0. The van der Waals surface area contributed by atoms with Gasteiger partial charge in [0.05, 0.1) is 10.5 Å². The number of nitrogens with one attached hydrogen (secondary N) is 1. The second-order valence-electron chi connectivity index (χ2n) is 4.18. The van der Waals surface area contributed by atoms with Gasteiger partial charge >= 0.3 is 0 Å². The lowest BCUT2D eigenvalue weighted by Crippen LogP contribution is -2.30. The second kappa shape index (κ2) is 3.08. The molecule has 0 unspecified atom stereocenters. The molecule has 78 valence electrons. The summed E-state index contributed by atoms with van der Waals surface area (Å²) in [7, 11) is 0. The minimum absolute atomic E-state index is 0.130. The van der Waals surface area contributed by atoms with Crippen LogP contribution in [-0.4, -0.2) is 10.5 Å². The first-order chi connectivity index (χ1) is 6.99. The fourth-order valence-electron chi connectivity index (χ4n) is 1.65. The van der Waals surface area contributed by atoms with E-state index >= 15 is 0 Å². The number of anilines is 1. The fourth-order valence-corrected chi connectivity index (χ4v) is 1.65. The summed E-state index contributed by atoms with van der Waals surface area (Å²) in [5.41, 5.74) is 1.36. The highest BCUT2D eigenvalue weighted by Gasteiger charge is 2.25. The van der Waals surface area contributed by atoms with Crippen LogP contribution in [0, 0.1) is 10.1 Å². The molecule has 4 heteroatoms. The lowest BCUT2D eigenvalue weighted by molar-refractivity contribution is -0.384. The van der Waals surface area contributed by atoms with Crippen molar-refractivity contribution in [2.75, 3.05) is 5.32 Å². The SMILES string of the molecule is CC1(C)C=Cc2cccc([N+](=O)[O-])c2N1. The van der Waals surface area contributed by atoms with Gasteiger partial charge in [-0.15, -0.1) is 0 Å². The Morgan fingerprint density at radius 3 is 2.80 bits per heavy atom. The Morgan fingerprint density at radius 1 is 1.40 bits per heavy atom. The number of nitro benzene ring substituents is 1. The topological polar surface area (TPSA) is 55.2 Å². The standard InChI is InChI=1S/C11H12N2O2/c1-11(2)7-6-8-4-3-5-9(13(14)15)10(8)12-11/h3-7,12H,1-2H3. The molecule has 0 aromatic heterocycles. The number of hydrogen-bond donors (Lipinski definition) is 1. The first kappa shape index (κ1) is 9.71. The van der Waals surface area contributed by atoms with Gasteiger partial charge in [0, 0.05) is 11.6 Å². The maximum Gasteiger partial charge on any atom is 0.292 e. The molecule has 0 atom stereocenters. The molecule has 1 N–H and O–H groups in total. The quantitative estimate of drug-likeness (QED) is 0.565. The van der Waals surface area contributed by atoms with Crippen LogP contribution in [0.3, 0.4) is 0 Å². The van der Waals surface area contributed by atoms with Gasteiger partial charge in [0.25, 0.3) is 5.69 Å². The Hall–Kier alpha value is -1.84. The number of nitro groups is 1. The molecule has 0 fully saturated rings. The molecule has 1 aliphatic rings. The monoisotopic (exact) mass is 204 g/mol. The van der Waals surface area contributed by atoms with Crippen LogP contribution >= 0.6 is 0 Å². The zero-order valence-electron chi connectivity index (χ0n) is 8.65. The Kier molecular flexibility index (Phi) is 2.00. The van der Waals surface area contributed by atoms with Crippen LogP contribution < -0.4 is 5.32 Å². The molecule has 2 rings (SSSR count). The maximum atomic E-state index is 10.8. The number of hydrogen-bond acceptors (Lipinski definition) is 3. The molecule has 0 bridgehead atoms. The third-order valence-electron chi connectivity index (χ3n) is 2.40. The summed E-state index contributed by atoms with van der Waals surface area (Å²) in [5, 5.41) is 14.0. The summed E-state index contributed by atoms with van der Waals surface area (Å²) in [4.78, 5) is 10.5. The maximum absolute atomic E-state index is 10.8. The van der Waals surface area contributed by atoms with Crippen molar-refractivity contribution < 1.29 is 4.92 Å². The smallest absolute Gasteiger partial charge is 0.292 e. The van der Waals surface area contributed by atoms with Gasteiger partial charge in [0.15, 0.2) is 0 Å². The minimum Gasteiger partial charge on any atom is -0.371 e. The van der Waals surface area contributed by atoms with Gasteiger partial charge in [-0.3, -0.25) is 10.1 Å². The van der Waals surface area contributed by atoms with E-state index in [2.05, 4.69) is 5.32 Å². The van der Waals surface area contributed by atoms with E-state index in [9.17, 15) is 10.1 Å². The molecule has 0 aliphatic carbocycles.